The van der Waals surface area contributed by atoms with Gasteiger partial charge in [0.1, 0.15) is 18.2 Å². The molecule has 0 saturated carbocycles. The molecule has 5 rings (SSSR count). The summed E-state index contributed by atoms with van der Waals surface area (Å²) in [6, 6.07) is 22.0. The van der Waals surface area contributed by atoms with Crippen molar-refractivity contribution in [2.75, 3.05) is 0 Å². The number of benzene rings is 3. The van der Waals surface area contributed by atoms with Gasteiger partial charge < -0.3 is 4.42 Å². The molecule has 0 amide bonds. The van der Waals surface area contributed by atoms with Gasteiger partial charge in [0.15, 0.2) is 11.4 Å². The third kappa shape index (κ3) is 3.66. The number of hydrogen-bond acceptors (Lipinski definition) is 1. The van der Waals surface area contributed by atoms with E-state index in [0.29, 0.717) is 16.8 Å². The van der Waals surface area contributed by atoms with E-state index in [1.165, 1.54) is 0 Å². The molecule has 2 aromatic heterocycles. The van der Waals surface area contributed by atoms with Crippen LogP contribution >= 0.6 is 0 Å². The van der Waals surface area contributed by atoms with Gasteiger partial charge in [-0.2, -0.15) is 4.57 Å². The predicted octanol–water partition coefficient (Wildman–Crippen LogP) is 8.11. The fraction of sp³-hybridized carbons (Fsp3) is 0.226. The van der Waals surface area contributed by atoms with Crippen LogP contribution in [0.3, 0.4) is 0 Å². The lowest BCUT2D eigenvalue weighted by molar-refractivity contribution is -0.666. The molecule has 168 valence electrons. The Morgan fingerprint density at radius 3 is 2.50 bits per heavy atom. The van der Waals surface area contributed by atoms with Crippen LogP contribution < -0.4 is 4.57 Å². The molecule has 0 aliphatic carbocycles. The zero-order chi connectivity index (χ0) is 25.8. The number of pyridine rings is 1. The summed E-state index contributed by atoms with van der Waals surface area (Å²) in [4.78, 5) is 3.59. The summed E-state index contributed by atoms with van der Waals surface area (Å²) in [5, 5.41) is 1.97. The lowest BCUT2D eigenvalue weighted by Gasteiger charge is -2.13. The van der Waals surface area contributed by atoms with Crippen molar-refractivity contribution in [3.63, 3.8) is 0 Å². The number of hydrogen-bond donors (Lipinski definition) is 0. The highest BCUT2D eigenvalue weighted by Crippen LogP contribution is 2.43. The Morgan fingerprint density at radius 1 is 1.03 bits per heavy atom. The van der Waals surface area contributed by atoms with E-state index in [1.54, 1.807) is 6.07 Å². The summed E-state index contributed by atoms with van der Waals surface area (Å²) < 4.78 is 26.1. The van der Waals surface area contributed by atoms with Crippen molar-refractivity contribution in [1.82, 2.24) is 0 Å². The lowest BCUT2D eigenvalue weighted by Crippen LogP contribution is -2.35. The van der Waals surface area contributed by atoms with Crippen LogP contribution in [0.4, 0.5) is 5.69 Å². The monoisotopic (exact) mass is 447 g/mol. The van der Waals surface area contributed by atoms with Crippen molar-refractivity contribution < 1.29 is 11.7 Å². The van der Waals surface area contributed by atoms with E-state index in [9.17, 15) is 0 Å². The molecule has 0 atom stereocenters. The molecule has 0 unspecified atom stereocenters. The number of aromatic nitrogens is 1. The van der Waals surface area contributed by atoms with Gasteiger partial charge in [0, 0.05) is 32.6 Å². The van der Waals surface area contributed by atoms with E-state index in [1.807, 2.05) is 70.3 Å². The van der Waals surface area contributed by atoms with Crippen molar-refractivity contribution in [2.24, 2.45) is 13.0 Å². The van der Waals surface area contributed by atoms with E-state index < -0.39 is 6.37 Å². The Bertz CT molecular complexity index is 1680. The maximum Gasteiger partial charge on any atom is 0.216 e. The van der Waals surface area contributed by atoms with Crippen molar-refractivity contribution in [3.8, 4) is 22.4 Å². The number of aryl methyl sites for hydroxylation is 2. The molecule has 34 heavy (non-hydrogen) atoms. The highest BCUT2D eigenvalue weighted by molar-refractivity contribution is 6.17. The Kier molecular flexibility index (Phi) is 4.87. The van der Waals surface area contributed by atoms with E-state index in [2.05, 4.69) is 34.5 Å². The van der Waals surface area contributed by atoms with Crippen LogP contribution in [0, 0.1) is 26.3 Å². The molecule has 0 N–H and O–H groups in total. The second-order valence-corrected chi connectivity index (χ2v) is 9.21. The molecule has 0 bridgehead atoms. The van der Waals surface area contributed by atoms with E-state index >= 15 is 0 Å². The van der Waals surface area contributed by atoms with Gasteiger partial charge >= 0.3 is 0 Å². The molecular weight excluding hydrogens is 416 g/mol. The molecule has 0 fully saturated rings. The second kappa shape index (κ2) is 8.47. The van der Waals surface area contributed by atoms with E-state index in [-0.39, 0.29) is 5.92 Å². The fourth-order valence-corrected chi connectivity index (χ4v) is 4.76. The molecule has 5 aromatic rings. The first-order valence-corrected chi connectivity index (χ1v) is 11.6. The molecule has 3 aromatic carbocycles. The highest BCUT2D eigenvalue weighted by Gasteiger charge is 2.25. The summed E-state index contributed by atoms with van der Waals surface area (Å²) in [7, 11) is 2.01. The molecule has 0 aliphatic rings. The van der Waals surface area contributed by atoms with Gasteiger partial charge in [-0.25, -0.2) is 4.85 Å². The third-order valence-electron chi connectivity index (χ3n) is 6.40. The molecule has 3 nitrogen and oxygen atoms in total. The molecule has 0 spiro atoms. The molecule has 2 heterocycles. The van der Waals surface area contributed by atoms with E-state index in [4.69, 9.17) is 13.7 Å². The maximum atomic E-state index is 8.75. The Labute approximate surface area is 203 Å². The number of fused-ring (bicyclic) bond motifs is 3. The number of nitrogens with zero attached hydrogens (tertiary/aromatic N) is 2. The van der Waals surface area contributed by atoms with Crippen LogP contribution in [-0.2, 0) is 13.4 Å². The average molecular weight is 448 g/mol. The van der Waals surface area contributed by atoms with Crippen LogP contribution in [0.15, 0.2) is 71.1 Å². The maximum absolute atomic E-state index is 8.75. The molecule has 0 radical (unpaired) electrons. The van der Waals surface area contributed by atoms with Crippen molar-refractivity contribution in [1.29, 1.82) is 0 Å². The Morgan fingerprint density at radius 2 is 1.79 bits per heavy atom. The number of furan rings is 1. The lowest BCUT2D eigenvalue weighted by atomic mass is 9.91. The van der Waals surface area contributed by atoms with Crippen LogP contribution in [-0.4, -0.2) is 0 Å². The predicted molar refractivity (Wildman–Crippen MR) is 140 cm³/mol. The fourth-order valence-electron chi connectivity index (χ4n) is 4.76. The van der Waals surface area contributed by atoms with Crippen molar-refractivity contribution in [3.05, 3.63) is 95.0 Å². The van der Waals surface area contributed by atoms with Crippen molar-refractivity contribution in [2.45, 2.75) is 34.1 Å². The summed E-state index contributed by atoms with van der Waals surface area (Å²) in [5.74, 6) is -0.169. The topological polar surface area (TPSA) is 21.4 Å². The minimum Gasteiger partial charge on any atom is -0.456 e. The van der Waals surface area contributed by atoms with Crippen LogP contribution in [0.2, 0.25) is 0 Å². The van der Waals surface area contributed by atoms with Crippen LogP contribution in [0.25, 0.3) is 49.2 Å². The van der Waals surface area contributed by atoms with Crippen molar-refractivity contribution >= 4 is 27.6 Å². The van der Waals surface area contributed by atoms with Gasteiger partial charge in [-0.15, -0.1) is 0 Å². The molecule has 0 saturated heterocycles. The molecule has 0 aliphatic heterocycles. The SMILES string of the molecule is [2H]C([2H])(c1cc(C)[n+](C)c(-c2c(C)cc(-c3ccccc3)c3c2oc2cc([N+]#[C-])ccc23)c1)C(C)C. The third-order valence-corrected chi connectivity index (χ3v) is 6.40. The molecular formula is C31H29N2O+. The quantitative estimate of drug-likeness (QED) is 0.201. The van der Waals surface area contributed by atoms with E-state index in [0.717, 1.165) is 50.0 Å². The summed E-state index contributed by atoms with van der Waals surface area (Å²) >= 11 is 0. The molecule has 3 heteroatoms. The minimum atomic E-state index is -1.47. The summed E-state index contributed by atoms with van der Waals surface area (Å²) in [5.41, 5.74) is 8.66. The first kappa shape index (κ1) is 19.6. The van der Waals surface area contributed by atoms with Gasteiger partial charge in [-0.05, 0) is 53.6 Å². The van der Waals surface area contributed by atoms with Gasteiger partial charge in [0.2, 0.25) is 5.69 Å². The zero-order valence-electron chi connectivity index (χ0n) is 22.2. The Hall–Kier alpha value is -3.90. The minimum absolute atomic E-state index is 0.169. The average Bonchev–Trinajstić information content (AvgIpc) is 3.24. The number of rotatable bonds is 4. The van der Waals surface area contributed by atoms with Gasteiger partial charge in [0.05, 0.1) is 12.1 Å². The highest BCUT2D eigenvalue weighted by atomic mass is 16.3. The smallest absolute Gasteiger partial charge is 0.216 e. The first-order valence-electron chi connectivity index (χ1n) is 12.6. The largest absolute Gasteiger partial charge is 0.456 e. The van der Waals surface area contributed by atoms with Gasteiger partial charge in [-0.1, -0.05) is 56.3 Å². The normalized spacial score (nSPS) is 12.7. The summed E-state index contributed by atoms with van der Waals surface area (Å²) in [6.45, 7) is 15.4. The summed E-state index contributed by atoms with van der Waals surface area (Å²) in [6.07, 6.45) is -1.47. The van der Waals surface area contributed by atoms with Crippen LogP contribution in [0.5, 0.6) is 0 Å². The van der Waals surface area contributed by atoms with Crippen LogP contribution in [0.1, 0.15) is 33.4 Å². The second-order valence-electron chi connectivity index (χ2n) is 9.21. The Balaban J connectivity index is 1.92. The first-order chi connectivity index (χ1) is 17.1. The standard InChI is InChI=1S/C31H29N2O/c1-19(2)14-22-16-21(4)33(6)27(17-22)29-20(3)15-26(23-10-8-7-9-11-23)30-25-13-12-24(32-5)18-28(25)34-31(29)30/h7-13,15-19H,14H2,1-4,6H3/q+1/i14D2. The zero-order valence-corrected chi connectivity index (χ0v) is 20.2. The van der Waals surface area contributed by atoms with Gasteiger partial charge in [0.25, 0.3) is 0 Å². The van der Waals surface area contributed by atoms with Gasteiger partial charge in [-0.3, -0.25) is 0 Å².